The van der Waals surface area contributed by atoms with E-state index < -0.39 is 0 Å². The van der Waals surface area contributed by atoms with E-state index in [4.69, 9.17) is 0 Å². The van der Waals surface area contributed by atoms with E-state index in [1.165, 1.54) is 17.7 Å². The summed E-state index contributed by atoms with van der Waals surface area (Å²) in [6, 6.07) is 8.42. The van der Waals surface area contributed by atoms with Gasteiger partial charge in [-0.15, -0.1) is 0 Å². The summed E-state index contributed by atoms with van der Waals surface area (Å²) in [5.41, 5.74) is 2.60. The minimum atomic E-state index is 0.778. The molecule has 0 saturated heterocycles. The third-order valence-electron chi connectivity index (χ3n) is 2.01. The van der Waals surface area contributed by atoms with E-state index in [2.05, 4.69) is 59.0 Å². The third-order valence-corrected chi connectivity index (χ3v) is 2.29. The minimum Gasteiger partial charge on any atom is -0.380 e. The third kappa shape index (κ3) is 3.54. The molecule has 0 spiro atoms. The van der Waals surface area contributed by atoms with Crippen molar-refractivity contribution in [2.24, 2.45) is 0 Å². The molecule has 0 fully saturated rings. The number of hydrogen-bond donors (Lipinski definition) is 1. The van der Waals surface area contributed by atoms with Gasteiger partial charge in [0.1, 0.15) is 0 Å². The highest BCUT2D eigenvalue weighted by molar-refractivity contribution is 9.11. The maximum absolute atomic E-state index is 3.80. The van der Waals surface area contributed by atoms with E-state index in [-0.39, 0.29) is 0 Å². The van der Waals surface area contributed by atoms with Crippen LogP contribution in [0.1, 0.15) is 18.9 Å². The van der Waals surface area contributed by atoms with Crippen molar-refractivity contribution in [2.45, 2.75) is 19.8 Å². The summed E-state index contributed by atoms with van der Waals surface area (Å²) >= 11 is 3.34. The van der Waals surface area contributed by atoms with Crippen molar-refractivity contribution in [3.05, 3.63) is 40.9 Å². The highest BCUT2D eigenvalue weighted by Crippen LogP contribution is 2.17. The predicted octanol–water partition coefficient (Wildman–Crippen LogP) is 3.96. The van der Waals surface area contributed by atoms with Crippen molar-refractivity contribution < 1.29 is 0 Å². The summed E-state index contributed by atoms with van der Waals surface area (Å²) in [6.45, 7) is 6.77. The average Bonchev–Trinajstić information content (AvgIpc) is 2.17. The van der Waals surface area contributed by atoms with E-state index in [1.807, 2.05) is 0 Å². The van der Waals surface area contributed by atoms with Crippen LogP contribution in [-0.4, -0.2) is 6.54 Å². The van der Waals surface area contributed by atoms with Crippen LogP contribution in [0.4, 0.5) is 5.69 Å². The molecule has 0 bridgehead atoms. The van der Waals surface area contributed by atoms with E-state index in [9.17, 15) is 0 Å². The number of rotatable bonds is 5. The van der Waals surface area contributed by atoms with E-state index in [1.54, 1.807) is 0 Å². The Balaban J connectivity index is 2.68. The number of hydrogen-bond acceptors (Lipinski definition) is 1. The topological polar surface area (TPSA) is 12.0 Å². The summed E-state index contributed by atoms with van der Waals surface area (Å²) < 4.78 is 0.976. The van der Waals surface area contributed by atoms with Crippen molar-refractivity contribution in [3.63, 3.8) is 0 Å². The summed E-state index contributed by atoms with van der Waals surface area (Å²) in [5.74, 6) is 0. The number of anilines is 1. The number of para-hydroxylation sites is 1. The molecule has 0 amide bonds. The Kier molecular flexibility index (Phi) is 4.74. The van der Waals surface area contributed by atoms with E-state index in [0.717, 1.165) is 17.4 Å². The fourth-order valence-electron chi connectivity index (χ4n) is 1.37. The summed E-state index contributed by atoms with van der Waals surface area (Å²) in [4.78, 5) is 0. The van der Waals surface area contributed by atoms with Crippen molar-refractivity contribution >= 4 is 21.6 Å². The first-order valence-corrected chi connectivity index (χ1v) is 5.68. The molecule has 0 aliphatic carbocycles. The Bertz CT molecular complexity index is 307. The quantitative estimate of drug-likeness (QED) is 0.838. The van der Waals surface area contributed by atoms with Crippen LogP contribution in [0.5, 0.6) is 0 Å². The lowest BCUT2D eigenvalue weighted by atomic mass is 10.1. The van der Waals surface area contributed by atoms with Crippen LogP contribution in [0, 0.1) is 0 Å². The molecule has 0 saturated carbocycles. The molecule has 1 rings (SSSR count). The van der Waals surface area contributed by atoms with Gasteiger partial charge in [0, 0.05) is 16.7 Å². The zero-order valence-electron chi connectivity index (χ0n) is 8.52. The van der Waals surface area contributed by atoms with Gasteiger partial charge in [-0.1, -0.05) is 54.1 Å². The Hall–Kier alpha value is -0.760. The largest absolute Gasteiger partial charge is 0.380 e. The van der Waals surface area contributed by atoms with Gasteiger partial charge >= 0.3 is 0 Å². The number of aryl methyl sites for hydroxylation is 1. The number of nitrogens with one attached hydrogen (secondary N) is 1. The molecule has 76 valence electrons. The molecular weight excluding hydrogens is 238 g/mol. The van der Waals surface area contributed by atoms with Crippen molar-refractivity contribution in [1.82, 2.24) is 0 Å². The fraction of sp³-hybridized carbons (Fsp3) is 0.333. The SMILES string of the molecule is C=C(Br)CNc1ccccc1CCC. The number of halogens is 1. The number of benzene rings is 1. The van der Waals surface area contributed by atoms with Crippen LogP contribution in [0.2, 0.25) is 0 Å². The maximum Gasteiger partial charge on any atom is 0.0460 e. The Labute approximate surface area is 94.3 Å². The normalized spacial score (nSPS) is 9.86. The molecule has 0 unspecified atom stereocenters. The lowest BCUT2D eigenvalue weighted by Gasteiger charge is -2.10. The van der Waals surface area contributed by atoms with E-state index >= 15 is 0 Å². The molecule has 1 aromatic rings. The highest BCUT2D eigenvalue weighted by atomic mass is 79.9. The summed E-state index contributed by atoms with van der Waals surface area (Å²) in [7, 11) is 0. The van der Waals surface area contributed by atoms with Gasteiger partial charge in [-0.3, -0.25) is 0 Å². The van der Waals surface area contributed by atoms with Gasteiger partial charge in [0.05, 0.1) is 0 Å². The molecule has 14 heavy (non-hydrogen) atoms. The van der Waals surface area contributed by atoms with Crippen molar-refractivity contribution in [1.29, 1.82) is 0 Å². The second-order valence-electron chi connectivity index (χ2n) is 3.28. The maximum atomic E-state index is 3.80. The fourth-order valence-corrected chi connectivity index (χ4v) is 1.51. The first-order chi connectivity index (χ1) is 6.74. The van der Waals surface area contributed by atoms with Crippen molar-refractivity contribution in [2.75, 3.05) is 11.9 Å². The Morgan fingerprint density at radius 3 is 2.79 bits per heavy atom. The van der Waals surface area contributed by atoms with Gasteiger partial charge in [-0.25, -0.2) is 0 Å². The minimum absolute atomic E-state index is 0.778. The lowest BCUT2D eigenvalue weighted by Crippen LogP contribution is -2.03. The van der Waals surface area contributed by atoms with Gasteiger partial charge in [0.2, 0.25) is 0 Å². The van der Waals surface area contributed by atoms with Gasteiger partial charge in [0.15, 0.2) is 0 Å². The van der Waals surface area contributed by atoms with Crippen LogP contribution in [-0.2, 0) is 6.42 Å². The van der Waals surface area contributed by atoms with Crippen LogP contribution in [0.3, 0.4) is 0 Å². The molecule has 1 nitrogen and oxygen atoms in total. The van der Waals surface area contributed by atoms with Gasteiger partial charge in [0.25, 0.3) is 0 Å². The molecule has 0 aromatic heterocycles. The molecule has 1 aromatic carbocycles. The van der Waals surface area contributed by atoms with Crippen LogP contribution in [0.15, 0.2) is 35.3 Å². The molecule has 1 N–H and O–H groups in total. The van der Waals surface area contributed by atoms with E-state index in [0.29, 0.717) is 0 Å². The molecule has 0 atom stereocenters. The Morgan fingerprint density at radius 1 is 1.43 bits per heavy atom. The first-order valence-electron chi connectivity index (χ1n) is 4.89. The summed E-state index contributed by atoms with van der Waals surface area (Å²) in [5, 5.41) is 3.35. The second-order valence-corrected chi connectivity index (χ2v) is 4.40. The van der Waals surface area contributed by atoms with Gasteiger partial charge in [-0.05, 0) is 18.1 Å². The zero-order chi connectivity index (χ0) is 10.4. The van der Waals surface area contributed by atoms with Crippen LogP contribution < -0.4 is 5.32 Å². The summed E-state index contributed by atoms with van der Waals surface area (Å²) in [6.07, 6.45) is 2.30. The Morgan fingerprint density at radius 2 is 2.14 bits per heavy atom. The monoisotopic (exact) mass is 253 g/mol. The van der Waals surface area contributed by atoms with Gasteiger partial charge < -0.3 is 5.32 Å². The van der Waals surface area contributed by atoms with Crippen LogP contribution >= 0.6 is 15.9 Å². The van der Waals surface area contributed by atoms with Gasteiger partial charge in [-0.2, -0.15) is 0 Å². The average molecular weight is 254 g/mol. The standard InChI is InChI=1S/C12H16BrN/c1-3-6-11-7-4-5-8-12(11)14-9-10(2)13/h4-5,7-8,14H,2-3,6,9H2,1H3. The molecule has 2 heteroatoms. The smallest absolute Gasteiger partial charge is 0.0460 e. The highest BCUT2D eigenvalue weighted by Gasteiger charge is 1.99. The molecular formula is C12H16BrN. The molecule has 0 aliphatic heterocycles. The predicted molar refractivity (Wildman–Crippen MR) is 67.0 cm³/mol. The molecule has 0 radical (unpaired) electrons. The van der Waals surface area contributed by atoms with Crippen molar-refractivity contribution in [3.8, 4) is 0 Å². The zero-order valence-corrected chi connectivity index (χ0v) is 10.1. The molecule has 0 aliphatic rings. The second kappa shape index (κ2) is 5.86. The first kappa shape index (κ1) is 11.3. The molecule has 0 heterocycles. The lowest BCUT2D eigenvalue weighted by molar-refractivity contribution is 0.922. The van der Waals surface area contributed by atoms with Crippen LogP contribution in [0.25, 0.3) is 0 Å².